The van der Waals surface area contributed by atoms with E-state index in [4.69, 9.17) is 9.47 Å². The third kappa shape index (κ3) is 6.36. The number of benzene rings is 1. The van der Waals surface area contributed by atoms with Crippen LogP contribution in [0.5, 0.6) is 11.5 Å². The van der Waals surface area contributed by atoms with Gasteiger partial charge in [-0.25, -0.2) is 0 Å². The van der Waals surface area contributed by atoms with Crippen LogP contribution in [0.25, 0.3) is 0 Å². The summed E-state index contributed by atoms with van der Waals surface area (Å²) in [6.07, 6.45) is 1.78. The first kappa shape index (κ1) is 19.2. The molecular weight excluding hydrogens is 314 g/mol. The fourth-order valence-electron chi connectivity index (χ4n) is 2.33. The first-order valence-electron chi connectivity index (χ1n) is 8.70. The molecule has 1 N–H and O–H groups in total. The number of hydrogen-bond acceptors (Lipinski definition) is 5. The summed E-state index contributed by atoms with van der Waals surface area (Å²) in [6.45, 7) is 7.52. The SMILES string of the molecule is COc1ccc(OCc2ccccn2)c(CNCCN(C)C(C)C)c1. The molecule has 5 heteroatoms. The summed E-state index contributed by atoms with van der Waals surface area (Å²) in [5.74, 6) is 1.69. The maximum atomic E-state index is 5.97. The second-order valence-electron chi connectivity index (χ2n) is 6.33. The van der Waals surface area contributed by atoms with Gasteiger partial charge in [-0.1, -0.05) is 6.07 Å². The third-order valence-corrected chi connectivity index (χ3v) is 4.21. The molecule has 1 heterocycles. The second-order valence-corrected chi connectivity index (χ2v) is 6.33. The minimum absolute atomic E-state index is 0.455. The van der Waals surface area contributed by atoms with Gasteiger partial charge in [-0.05, 0) is 51.2 Å². The Morgan fingerprint density at radius 2 is 2.04 bits per heavy atom. The highest BCUT2D eigenvalue weighted by atomic mass is 16.5. The number of nitrogens with zero attached hydrogens (tertiary/aromatic N) is 2. The van der Waals surface area contributed by atoms with Gasteiger partial charge >= 0.3 is 0 Å². The van der Waals surface area contributed by atoms with Crippen LogP contribution < -0.4 is 14.8 Å². The molecule has 2 rings (SSSR count). The zero-order valence-electron chi connectivity index (χ0n) is 15.7. The zero-order chi connectivity index (χ0) is 18.1. The molecule has 5 nitrogen and oxygen atoms in total. The molecule has 1 aromatic carbocycles. The molecule has 2 aromatic rings. The molecule has 0 aliphatic rings. The number of aromatic nitrogens is 1. The monoisotopic (exact) mass is 343 g/mol. The van der Waals surface area contributed by atoms with Crippen molar-refractivity contribution in [3.8, 4) is 11.5 Å². The Morgan fingerprint density at radius 3 is 2.72 bits per heavy atom. The Labute approximate surface area is 151 Å². The Hall–Kier alpha value is -2.11. The van der Waals surface area contributed by atoms with Gasteiger partial charge in [0, 0.05) is 37.4 Å². The Kier molecular flexibility index (Phi) is 7.70. The molecule has 0 spiro atoms. The van der Waals surface area contributed by atoms with Crippen LogP contribution in [-0.4, -0.2) is 43.2 Å². The van der Waals surface area contributed by atoms with Crippen molar-refractivity contribution in [3.63, 3.8) is 0 Å². The van der Waals surface area contributed by atoms with Crippen molar-refractivity contribution in [1.82, 2.24) is 15.2 Å². The quantitative estimate of drug-likeness (QED) is 0.672. The minimum atomic E-state index is 0.455. The first-order valence-corrected chi connectivity index (χ1v) is 8.70. The number of nitrogens with one attached hydrogen (secondary N) is 1. The van der Waals surface area contributed by atoms with Crippen molar-refractivity contribution >= 4 is 0 Å². The molecule has 136 valence electrons. The number of likely N-dealkylation sites (N-methyl/N-ethyl adjacent to an activating group) is 1. The van der Waals surface area contributed by atoms with Crippen LogP contribution in [0.4, 0.5) is 0 Å². The molecule has 0 amide bonds. The molecule has 25 heavy (non-hydrogen) atoms. The average Bonchev–Trinajstić information content (AvgIpc) is 2.64. The Morgan fingerprint density at radius 1 is 1.20 bits per heavy atom. The summed E-state index contributed by atoms with van der Waals surface area (Å²) in [7, 11) is 3.82. The van der Waals surface area contributed by atoms with Gasteiger partial charge in [0.25, 0.3) is 0 Å². The Bertz CT molecular complexity index is 632. The lowest BCUT2D eigenvalue weighted by molar-refractivity contribution is 0.272. The van der Waals surface area contributed by atoms with Crippen molar-refractivity contribution in [3.05, 3.63) is 53.9 Å². The van der Waals surface area contributed by atoms with Gasteiger partial charge in [-0.2, -0.15) is 0 Å². The van der Waals surface area contributed by atoms with E-state index >= 15 is 0 Å². The van der Waals surface area contributed by atoms with E-state index in [-0.39, 0.29) is 0 Å². The van der Waals surface area contributed by atoms with E-state index in [1.807, 2.05) is 36.4 Å². The number of hydrogen-bond donors (Lipinski definition) is 1. The molecule has 0 unspecified atom stereocenters. The standard InChI is InChI=1S/C20H29N3O2/c1-16(2)23(3)12-11-21-14-17-13-19(24-4)8-9-20(17)25-15-18-7-5-6-10-22-18/h5-10,13,16,21H,11-12,14-15H2,1-4H3. The van der Waals surface area contributed by atoms with Crippen LogP contribution in [0.15, 0.2) is 42.6 Å². The van der Waals surface area contributed by atoms with Gasteiger partial charge in [0.05, 0.1) is 12.8 Å². The number of methoxy groups -OCH3 is 1. The van der Waals surface area contributed by atoms with Crippen molar-refractivity contribution in [2.45, 2.75) is 33.0 Å². The van der Waals surface area contributed by atoms with E-state index in [9.17, 15) is 0 Å². The summed E-state index contributed by atoms with van der Waals surface area (Å²) in [5.41, 5.74) is 2.00. The highest BCUT2D eigenvalue weighted by Gasteiger charge is 2.08. The van der Waals surface area contributed by atoms with Crippen LogP contribution in [0, 0.1) is 0 Å². The largest absolute Gasteiger partial charge is 0.497 e. The van der Waals surface area contributed by atoms with Crippen molar-refractivity contribution in [2.24, 2.45) is 0 Å². The van der Waals surface area contributed by atoms with E-state index in [1.165, 1.54) is 0 Å². The maximum absolute atomic E-state index is 5.97. The lowest BCUT2D eigenvalue weighted by Crippen LogP contribution is -2.33. The molecule has 0 fully saturated rings. The smallest absolute Gasteiger partial charge is 0.130 e. The van der Waals surface area contributed by atoms with Crippen LogP contribution in [0.1, 0.15) is 25.1 Å². The van der Waals surface area contributed by atoms with E-state index in [1.54, 1.807) is 13.3 Å². The van der Waals surface area contributed by atoms with Gasteiger partial charge in [-0.15, -0.1) is 0 Å². The van der Waals surface area contributed by atoms with Crippen LogP contribution in [0.3, 0.4) is 0 Å². The van der Waals surface area contributed by atoms with Crippen molar-refractivity contribution < 1.29 is 9.47 Å². The summed E-state index contributed by atoms with van der Waals surface area (Å²) in [6, 6.07) is 12.3. The van der Waals surface area contributed by atoms with Gasteiger partial charge in [0.15, 0.2) is 0 Å². The number of ether oxygens (including phenoxy) is 2. The summed E-state index contributed by atoms with van der Waals surface area (Å²) in [4.78, 5) is 6.61. The predicted octanol–water partition coefficient (Wildman–Crippen LogP) is 3.10. The normalized spacial score (nSPS) is 11.1. The van der Waals surface area contributed by atoms with Crippen molar-refractivity contribution in [1.29, 1.82) is 0 Å². The molecule has 0 aliphatic carbocycles. The fourth-order valence-corrected chi connectivity index (χ4v) is 2.33. The lowest BCUT2D eigenvalue weighted by atomic mass is 10.2. The topological polar surface area (TPSA) is 46.6 Å². The van der Waals surface area contributed by atoms with E-state index in [0.717, 1.165) is 42.4 Å². The minimum Gasteiger partial charge on any atom is -0.497 e. The molecular formula is C20H29N3O2. The van der Waals surface area contributed by atoms with Crippen LogP contribution in [0.2, 0.25) is 0 Å². The number of rotatable bonds is 10. The molecule has 1 aromatic heterocycles. The lowest BCUT2D eigenvalue weighted by Gasteiger charge is -2.21. The Balaban J connectivity index is 1.94. The molecule has 0 atom stereocenters. The van der Waals surface area contributed by atoms with Gasteiger partial charge in [-0.3, -0.25) is 4.98 Å². The summed E-state index contributed by atoms with van der Waals surface area (Å²) >= 11 is 0. The fraction of sp³-hybridized carbons (Fsp3) is 0.450. The third-order valence-electron chi connectivity index (χ3n) is 4.21. The van der Waals surface area contributed by atoms with E-state index in [0.29, 0.717) is 12.6 Å². The number of pyridine rings is 1. The second kappa shape index (κ2) is 10.0. The average molecular weight is 343 g/mol. The van der Waals surface area contributed by atoms with Gasteiger partial charge in [0.2, 0.25) is 0 Å². The van der Waals surface area contributed by atoms with E-state index < -0.39 is 0 Å². The van der Waals surface area contributed by atoms with Crippen molar-refractivity contribution in [2.75, 3.05) is 27.2 Å². The predicted molar refractivity (Wildman–Crippen MR) is 101 cm³/mol. The zero-order valence-corrected chi connectivity index (χ0v) is 15.7. The molecule has 0 saturated carbocycles. The molecule has 0 saturated heterocycles. The molecule has 0 bridgehead atoms. The van der Waals surface area contributed by atoms with E-state index in [2.05, 4.69) is 36.1 Å². The van der Waals surface area contributed by atoms with Gasteiger partial charge in [0.1, 0.15) is 18.1 Å². The maximum Gasteiger partial charge on any atom is 0.130 e. The highest BCUT2D eigenvalue weighted by molar-refractivity contribution is 5.40. The van der Waals surface area contributed by atoms with Crippen LogP contribution >= 0.6 is 0 Å². The molecule has 0 radical (unpaired) electrons. The first-order chi connectivity index (χ1) is 12.1. The summed E-state index contributed by atoms with van der Waals surface area (Å²) in [5, 5.41) is 3.48. The highest BCUT2D eigenvalue weighted by Crippen LogP contribution is 2.24. The van der Waals surface area contributed by atoms with Crippen LogP contribution in [-0.2, 0) is 13.2 Å². The molecule has 0 aliphatic heterocycles. The van der Waals surface area contributed by atoms with Gasteiger partial charge < -0.3 is 19.7 Å². The summed E-state index contributed by atoms with van der Waals surface area (Å²) < 4.78 is 11.3.